The van der Waals surface area contributed by atoms with Crippen molar-refractivity contribution in [1.82, 2.24) is 9.80 Å². The number of hydrogen-bond donors (Lipinski definition) is 2. The van der Waals surface area contributed by atoms with E-state index < -0.39 is 28.3 Å². The van der Waals surface area contributed by atoms with Crippen LogP contribution in [0.25, 0.3) is 0 Å². The maximum atomic E-state index is 13.9. The highest BCUT2D eigenvalue weighted by atomic mass is 32.2. The lowest BCUT2D eigenvalue weighted by Gasteiger charge is -2.40. The number of carbonyl (C=O) groups is 1. The molecule has 2 aromatic carbocycles. The zero-order valence-corrected chi connectivity index (χ0v) is 16.5. The van der Waals surface area contributed by atoms with Crippen LogP contribution in [-0.2, 0) is 17.4 Å². The van der Waals surface area contributed by atoms with Crippen molar-refractivity contribution in [2.75, 3.05) is 24.4 Å². The summed E-state index contributed by atoms with van der Waals surface area (Å²) in [5, 5.41) is 0. The van der Waals surface area contributed by atoms with Gasteiger partial charge in [0.15, 0.2) is 11.6 Å². The fraction of sp³-hybridized carbons (Fsp3) is 0.316. The summed E-state index contributed by atoms with van der Waals surface area (Å²) in [6.45, 7) is 2.82. The van der Waals surface area contributed by atoms with Gasteiger partial charge in [0.25, 0.3) is 5.91 Å². The van der Waals surface area contributed by atoms with Gasteiger partial charge in [-0.3, -0.25) is 14.4 Å². The molecule has 0 radical (unpaired) electrons. The molecule has 1 heterocycles. The summed E-state index contributed by atoms with van der Waals surface area (Å²) < 4.78 is 64.8. The predicted octanol–water partition coefficient (Wildman–Crippen LogP) is 2.39. The lowest BCUT2D eigenvalue weighted by Crippen LogP contribution is -2.53. The number of anilines is 1. The van der Waals surface area contributed by atoms with Crippen LogP contribution in [0.5, 0.6) is 0 Å². The molecule has 0 bridgehead atoms. The second-order valence-corrected chi connectivity index (χ2v) is 7.59. The monoisotopic (exact) mass is 427 g/mol. The number of thiol groups is 1. The predicted molar refractivity (Wildman–Crippen MR) is 102 cm³/mol. The topological polar surface area (TPSA) is 69.7 Å². The molecule has 0 aromatic heterocycles. The second kappa shape index (κ2) is 8.83. The summed E-state index contributed by atoms with van der Waals surface area (Å²) in [5.41, 5.74) is 0.436. The normalized spacial score (nSPS) is 17.6. The number of benzene rings is 2. The van der Waals surface area contributed by atoms with Crippen molar-refractivity contribution in [3.05, 3.63) is 65.0 Å². The van der Waals surface area contributed by atoms with E-state index >= 15 is 0 Å². The van der Waals surface area contributed by atoms with Crippen molar-refractivity contribution in [1.29, 1.82) is 0 Å². The maximum Gasteiger partial charge on any atom is 0.254 e. The molecule has 29 heavy (non-hydrogen) atoms. The minimum Gasteiger partial charge on any atom is -0.333 e. The number of piperazine rings is 1. The van der Waals surface area contributed by atoms with Gasteiger partial charge in [-0.15, -0.1) is 0 Å². The lowest BCUT2D eigenvalue weighted by molar-refractivity contribution is 0.0470. The Labute approximate surface area is 168 Å². The first-order valence-electron chi connectivity index (χ1n) is 8.93. The van der Waals surface area contributed by atoms with Gasteiger partial charge in [0.1, 0.15) is 5.82 Å². The summed E-state index contributed by atoms with van der Waals surface area (Å²) in [4.78, 5) is 16.2. The smallest absolute Gasteiger partial charge is 0.254 e. The standard InChI is InChI=1S/C19H20F3N3O3S/c1-12-10-24(11-15-16(20)6-7-17(21)18(15)22)8-9-25(12)19(26)13-2-4-14(5-3-13)23-29(27)28/h2-7,12,29H,8-11H2,1H3,(H,23,27,28)/t12-/m1/s1. The highest BCUT2D eigenvalue weighted by Crippen LogP contribution is 2.21. The molecule has 0 aliphatic carbocycles. The Morgan fingerprint density at radius 3 is 2.34 bits per heavy atom. The Balaban J connectivity index is 1.65. The van der Waals surface area contributed by atoms with Crippen LogP contribution in [0, 0.1) is 17.5 Å². The molecule has 1 amide bonds. The summed E-state index contributed by atoms with van der Waals surface area (Å²) in [7, 11) is -2.78. The van der Waals surface area contributed by atoms with Crippen LogP contribution < -0.4 is 4.72 Å². The molecular formula is C19H20F3N3O3S. The Morgan fingerprint density at radius 2 is 1.72 bits per heavy atom. The molecule has 1 aliphatic rings. The molecule has 3 rings (SSSR count). The summed E-state index contributed by atoms with van der Waals surface area (Å²) >= 11 is 0. The highest BCUT2D eigenvalue weighted by molar-refractivity contribution is 7.73. The molecule has 0 unspecified atom stereocenters. The molecular weight excluding hydrogens is 407 g/mol. The van der Waals surface area contributed by atoms with Gasteiger partial charge in [0.2, 0.25) is 10.9 Å². The molecule has 10 heteroatoms. The summed E-state index contributed by atoms with van der Waals surface area (Å²) in [5.74, 6) is -3.31. The third kappa shape index (κ3) is 4.88. The van der Waals surface area contributed by atoms with E-state index in [-0.39, 0.29) is 24.1 Å². The summed E-state index contributed by atoms with van der Waals surface area (Å²) in [6.07, 6.45) is 0. The minimum absolute atomic E-state index is 0.0878. The first-order chi connectivity index (χ1) is 13.8. The molecule has 1 saturated heterocycles. The quantitative estimate of drug-likeness (QED) is 0.568. The second-order valence-electron chi connectivity index (χ2n) is 6.85. The van der Waals surface area contributed by atoms with E-state index in [4.69, 9.17) is 0 Å². The molecule has 1 N–H and O–H groups in total. The summed E-state index contributed by atoms with van der Waals surface area (Å²) in [6, 6.07) is 7.47. The SMILES string of the molecule is C[C@@H]1CN(Cc2c(F)ccc(F)c2F)CCN1C(=O)c1ccc(N[SH](=O)=O)cc1. The highest BCUT2D eigenvalue weighted by Gasteiger charge is 2.29. The van der Waals surface area contributed by atoms with Crippen molar-refractivity contribution in [2.24, 2.45) is 0 Å². The average Bonchev–Trinajstić information content (AvgIpc) is 2.68. The van der Waals surface area contributed by atoms with Crippen molar-refractivity contribution in [3.63, 3.8) is 0 Å². The van der Waals surface area contributed by atoms with Crippen LogP contribution in [0.3, 0.4) is 0 Å². The van der Waals surface area contributed by atoms with Crippen LogP contribution in [-0.4, -0.2) is 49.8 Å². The van der Waals surface area contributed by atoms with E-state index in [0.29, 0.717) is 30.9 Å². The van der Waals surface area contributed by atoms with Gasteiger partial charge in [-0.05, 0) is 43.3 Å². The number of amides is 1. The number of nitrogens with one attached hydrogen (secondary N) is 1. The Bertz CT molecular complexity index is 975. The van der Waals surface area contributed by atoms with Crippen molar-refractivity contribution >= 4 is 22.5 Å². The Hall–Kier alpha value is -2.59. The molecule has 0 spiro atoms. The third-order valence-corrected chi connectivity index (χ3v) is 5.29. The fourth-order valence-electron chi connectivity index (χ4n) is 3.37. The van der Waals surface area contributed by atoms with E-state index in [0.717, 1.165) is 12.1 Å². The van der Waals surface area contributed by atoms with Crippen LogP contribution in [0.2, 0.25) is 0 Å². The van der Waals surface area contributed by atoms with Gasteiger partial charge in [-0.25, -0.2) is 21.6 Å². The third-order valence-electron chi connectivity index (χ3n) is 4.85. The minimum atomic E-state index is -2.78. The number of halogens is 3. The van der Waals surface area contributed by atoms with Gasteiger partial charge in [-0.1, -0.05) is 0 Å². The van der Waals surface area contributed by atoms with Crippen LogP contribution in [0.15, 0.2) is 36.4 Å². The van der Waals surface area contributed by atoms with Crippen LogP contribution in [0.4, 0.5) is 18.9 Å². The van der Waals surface area contributed by atoms with E-state index in [1.807, 2.05) is 6.92 Å². The van der Waals surface area contributed by atoms with Crippen molar-refractivity contribution < 1.29 is 26.4 Å². The van der Waals surface area contributed by atoms with Crippen LogP contribution >= 0.6 is 0 Å². The van der Waals surface area contributed by atoms with E-state index in [2.05, 4.69) is 4.72 Å². The molecule has 0 saturated carbocycles. The van der Waals surface area contributed by atoms with E-state index in [1.165, 1.54) is 24.3 Å². The van der Waals surface area contributed by atoms with Gasteiger partial charge >= 0.3 is 0 Å². The Kier molecular flexibility index (Phi) is 6.43. The maximum absolute atomic E-state index is 13.9. The first-order valence-corrected chi connectivity index (χ1v) is 10.1. The average molecular weight is 427 g/mol. The number of nitrogens with zero attached hydrogens (tertiary/aromatic N) is 2. The van der Waals surface area contributed by atoms with Gasteiger partial charge < -0.3 is 4.90 Å². The molecule has 1 atom stereocenters. The van der Waals surface area contributed by atoms with Gasteiger partial charge in [0, 0.05) is 49.0 Å². The molecule has 1 fully saturated rings. The fourth-order valence-corrected chi connectivity index (χ4v) is 3.73. The number of rotatable bonds is 5. The first kappa shape index (κ1) is 21.1. The molecule has 156 valence electrons. The van der Waals surface area contributed by atoms with Gasteiger partial charge in [-0.2, -0.15) is 0 Å². The van der Waals surface area contributed by atoms with Crippen LogP contribution in [0.1, 0.15) is 22.8 Å². The van der Waals surface area contributed by atoms with Gasteiger partial charge in [0.05, 0.1) is 0 Å². The molecule has 2 aromatic rings. The lowest BCUT2D eigenvalue weighted by atomic mass is 10.1. The zero-order valence-electron chi connectivity index (χ0n) is 15.6. The van der Waals surface area contributed by atoms with E-state index in [9.17, 15) is 26.4 Å². The van der Waals surface area contributed by atoms with Crippen molar-refractivity contribution in [2.45, 2.75) is 19.5 Å². The van der Waals surface area contributed by atoms with E-state index in [1.54, 1.807) is 9.80 Å². The number of carbonyl (C=O) groups excluding carboxylic acids is 1. The largest absolute Gasteiger partial charge is 0.333 e. The molecule has 6 nitrogen and oxygen atoms in total. The Morgan fingerprint density at radius 1 is 1.07 bits per heavy atom. The number of hydrogen-bond acceptors (Lipinski definition) is 4. The zero-order chi connectivity index (χ0) is 21.1. The van der Waals surface area contributed by atoms with Crippen molar-refractivity contribution in [3.8, 4) is 0 Å². The molecule has 1 aliphatic heterocycles.